The molecule has 4 rings (SSSR count). The molecule has 180 valence electrons. The van der Waals surface area contributed by atoms with Gasteiger partial charge in [-0.05, 0) is 45.6 Å². The topological polar surface area (TPSA) is 124 Å². The Kier molecular flexibility index (Phi) is 6.94. The Morgan fingerprint density at radius 3 is 2.79 bits per heavy atom. The normalized spacial score (nSPS) is 19.7. The maximum Gasteiger partial charge on any atom is 0.273 e. The maximum atomic E-state index is 14.9. The van der Waals surface area contributed by atoms with Gasteiger partial charge in [-0.3, -0.25) is 4.79 Å². The van der Waals surface area contributed by atoms with Crippen LogP contribution in [0.2, 0.25) is 0 Å². The molecule has 3 heterocycles. The first kappa shape index (κ1) is 23.5. The Morgan fingerprint density at radius 2 is 2.09 bits per heavy atom. The van der Waals surface area contributed by atoms with Gasteiger partial charge in [0.2, 0.25) is 0 Å². The molecule has 0 saturated heterocycles. The van der Waals surface area contributed by atoms with Gasteiger partial charge in [0.25, 0.3) is 5.91 Å². The van der Waals surface area contributed by atoms with Gasteiger partial charge in [0.15, 0.2) is 23.2 Å². The van der Waals surface area contributed by atoms with Crippen LogP contribution in [0.3, 0.4) is 0 Å². The molecule has 0 aromatic carbocycles. The van der Waals surface area contributed by atoms with Crippen molar-refractivity contribution < 1.29 is 18.0 Å². The third-order valence-electron chi connectivity index (χ3n) is 5.80. The number of carbonyl (C=O) groups is 1. The molecule has 9 nitrogen and oxygen atoms in total. The van der Waals surface area contributed by atoms with E-state index in [0.717, 1.165) is 19.3 Å². The van der Waals surface area contributed by atoms with Crippen LogP contribution in [0.4, 0.5) is 19.0 Å². The summed E-state index contributed by atoms with van der Waals surface area (Å²) < 4.78 is 41.9. The molecule has 0 aliphatic heterocycles. The van der Waals surface area contributed by atoms with Crippen molar-refractivity contribution in [3.8, 4) is 11.4 Å². The predicted molar refractivity (Wildman–Crippen MR) is 120 cm³/mol. The lowest BCUT2D eigenvalue weighted by Crippen LogP contribution is -2.42. The molecule has 0 radical (unpaired) electrons. The lowest BCUT2D eigenvalue weighted by Gasteiger charge is -2.30. The van der Waals surface area contributed by atoms with Crippen LogP contribution in [0.25, 0.3) is 23.3 Å². The second-order valence-corrected chi connectivity index (χ2v) is 8.21. The number of alkyl halides is 1. The van der Waals surface area contributed by atoms with Crippen LogP contribution in [0.5, 0.6) is 0 Å². The third-order valence-corrected chi connectivity index (χ3v) is 5.80. The highest BCUT2D eigenvalue weighted by Crippen LogP contribution is 2.25. The van der Waals surface area contributed by atoms with E-state index in [1.165, 1.54) is 32.3 Å². The summed E-state index contributed by atoms with van der Waals surface area (Å²) in [7, 11) is 0. The molecule has 0 unspecified atom stereocenters. The zero-order valence-electron chi connectivity index (χ0n) is 18.8. The van der Waals surface area contributed by atoms with Crippen LogP contribution < -0.4 is 21.2 Å². The second-order valence-electron chi connectivity index (χ2n) is 8.21. The van der Waals surface area contributed by atoms with Gasteiger partial charge in [-0.15, -0.1) is 0 Å². The monoisotopic (exact) mass is 474 g/mol. The summed E-state index contributed by atoms with van der Waals surface area (Å²) in [4.78, 5) is 23.6. The van der Waals surface area contributed by atoms with Crippen LogP contribution >= 0.6 is 0 Å². The van der Waals surface area contributed by atoms with Crippen molar-refractivity contribution in [3.05, 3.63) is 40.2 Å². The summed E-state index contributed by atoms with van der Waals surface area (Å²) >= 11 is 0. The molecule has 12 heteroatoms. The van der Waals surface area contributed by atoms with Crippen LogP contribution in [0.1, 0.15) is 48.8 Å². The van der Waals surface area contributed by atoms with Gasteiger partial charge in [0.1, 0.15) is 12.5 Å². The third kappa shape index (κ3) is 4.95. The average molecular weight is 474 g/mol. The van der Waals surface area contributed by atoms with E-state index in [2.05, 4.69) is 41.0 Å². The average Bonchev–Trinajstić information content (AvgIpc) is 3.48. The minimum Gasteiger partial charge on any atom is -0.365 e. The van der Waals surface area contributed by atoms with Gasteiger partial charge >= 0.3 is 0 Å². The minimum atomic E-state index is -0.806. The fraction of sp³-hybridized carbons (Fsp3) is 0.409. The Bertz CT molecular complexity index is 1280. The van der Waals surface area contributed by atoms with E-state index in [1.807, 2.05) is 0 Å². The van der Waals surface area contributed by atoms with E-state index in [9.17, 15) is 18.0 Å². The van der Waals surface area contributed by atoms with E-state index < -0.39 is 18.3 Å². The number of amides is 1. The maximum absolute atomic E-state index is 14.9. The van der Waals surface area contributed by atoms with Gasteiger partial charge in [-0.2, -0.15) is 15.4 Å². The fourth-order valence-corrected chi connectivity index (χ4v) is 4.18. The SMILES string of the molecule is C/C(F)=c1/[nH]cc(-c2nc(C)c(F)c(N[C@H]3CCC[C@@H](NC(=O)c4cn[nH]n4)C3)n2)/c1=C/CF. The van der Waals surface area contributed by atoms with Crippen molar-refractivity contribution in [2.75, 3.05) is 12.0 Å². The first-order valence-electron chi connectivity index (χ1n) is 10.9. The van der Waals surface area contributed by atoms with E-state index in [4.69, 9.17) is 0 Å². The van der Waals surface area contributed by atoms with Crippen LogP contribution in [-0.4, -0.2) is 55.0 Å². The molecule has 1 saturated carbocycles. The predicted octanol–water partition coefficient (Wildman–Crippen LogP) is 2.04. The van der Waals surface area contributed by atoms with Gasteiger partial charge in [0, 0.05) is 29.1 Å². The zero-order chi connectivity index (χ0) is 24.2. The van der Waals surface area contributed by atoms with Crippen LogP contribution in [0, 0.1) is 12.7 Å². The largest absolute Gasteiger partial charge is 0.365 e. The van der Waals surface area contributed by atoms with E-state index in [-0.39, 0.29) is 51.6 Å². The van der Waals surface area contributed by atoms with E-state index >= 15 is 0 Å². The summed E-state index contributed by atoms with van der Waals surface area (Å²) in [5, 5.41) is 16.3. The standard InChI is InChI=1S/C22H25F3N8O/c1-11(24)19-15(6-7-23)16(9-26-19)20-28-12(2)18(25)21(31-20)29-13-4-3-5-14(8-13)30-22(34)17-10-27-33-32-17/h6,9-10,13-14,26H,3-5,7-8H2,1-2H3,(H,30,34)(H,27,32,33)(H,28,29,31)/b15-6-,19-11-/t13-,14+/m0/s1. The van der Waals surface area contributed by atoms with Crippen molar-refractivity contribution in [2.24, 2.45) is 0 Å². The molecule has 34 heavy (non-hydrogen) atoms. The van der Waals surface area contributed by atoms with Gasteiger partial charge < -0.3 is 15.6 Å². The molecule has 1 fully saturated rings. The first-order chi connectivity index (χ1) is 16.4. The molecule has 1 aliphatic rings. The molecular weight excluding hydrogens is 449 g/mol. The van der Waals surface area contributed by atoms with Crippen LogP contribution in [-0.2, 0) is 0 Å². The second kappa shape index (κ2) is 10.1. The number of nitrogens with one attached hydrogen (secondary N) is 4. The Morgan fingerprint density at radius 1 is 1.29 bits per heavy atom. The van der Waals surface area contributed by atoms with Crippen molar-refractivity contribution in [1.29, 1.82) is 0 Å². The number of H-pyrrole nitrogens is 2. The lowest BCUT2D eigenvalue weighted by atomic mass is 9.91. The quantitative estimate of drug-likeness (QED) is 0.434. The molecule has 0 bridgehead atoms. The number of hydrogen-bond donors (Lipinski definition) is 4. The summed E-state index contributed by atoms with van der Waals surface area (Å²) in [5.41, 5.74) is 0.677. The summed E-state index contributed by atoms with van der Waals surface area (Å²) in [6.45, 7) is 1.96. The smallest absolute Gasteiger partial charge is 0.273 e. The zero-order valence-corrected chi connectivity index (χ0v) is 18.8. The number of anilines is 1. The number of aromatic nitrogens is 6. The van der Waals surface area contributed by atoms with Crippen molar-refractivity contribution in [3.63, 3.8) is 0 Å². The molecule has 3 aromatic heterocycles. The van der Waals surface area contributed by atoms with Crippen LogP contribution in [0.15, 0.2) is 12.4 Å². The van der Waals surface area contributed by atoms with E-state index in [0.29, 0.717) is 12.0 Å². The first-order valence-corrected chi connectivity index (χ1v) is 10.9. The number of aromatic amines is 2. The Balaban J connectivity index is 1.57. The van der Waals surface area contributed by atoms with Gasteiger partial charge in [-0.25, -0.2) is 23.1 Å². The van der Waals surface area contributed by atoms with Crippen molar-refractivity contribution in [1.82, 2.24) is 35.7 Å². The number of halogens is 3. The number of carbonyl (C=O) groups excluding carboxylic acids is 1. The highest BCUT2D eigenvalue weighted by atomic mass is 19.1. The number of aryl methyl sites for hydroxylation is 1. The summed E-state index contributed by atoms with van der Waals surface area (Å²) in [5.74, 6) is -1.28. The summed E-state index contributed by atoms with van der Waals surface area (Å²) in [6.07, 6.45) is 6.98. The van der Waals surface area contributed by atoms with Gasteiger partial charge in [-0.1, -0.05) is 0 Å². The molecule has 4 N–H and O–H groups in total. The Labute approximate surface area is 193 Å². The van der Waals surface area contributed by atoms with Gasteiger partial charge in [0.05, 0.1) is 17.2 Å². The fourth-order valence-electron chi connectivity index (χ4n) is 4.18. The number of hydrogen-bond acceptors (Lipinski definition) is 6. The highest BCUT2D eigenvalue weighted by molar-refractivity contribution is 5.92. The van der Waals surface area contributed by atoms with E-state index in [1.54, 1.807) is 0 Å². The molecule has 1 aliphatic carbocycles. The molecular formula is C22H25F3N8O. The molecule has 2 atom stereocenters. The Hall–Kier alpha value is -3.70. The minimum absolute atomic E-state index is 0.00544. The van der Waals surface area contributed by atoms with Crippen molar-refractivity contribution >= 4 is 23.6 Å². The molecule has 0 spiro atoms. The number of nitrogens with zero attached hydrogens (tertiary/aromatic N) is 4. The lowest BCUT2D eigenvalue weighted by molar-refractivity contribution is 0.0921. The number of rotatable bonds is 6. The molecule has 3 aromatic rings. The molecule has 1 amide bonds. The summed E-state index contributed by atoms with van der Waals surface area (Å²) in [6, 6.07) is -0.268. The highest BCUT2D eigenvalue weighted by Gasteiger charge is 2.26. The van der Waals surface area contributed by atoms with Crippen molar-refractivity contribution in [2.45, 2.75) is 51.6 Å².